The van der Waals surface area contributed by atoms with Crippen molar-refractivity contribution in [3.05, 3.63) is 83.1 Å². The normalized spacial score (nSPS) is 11.2. The number of allylic oxidation sites excluding steroid dienone is 1. The Hall–Kier alpha value is -3.23. The van der Waals surface area contributed by atoms with Crippen molar-refractivity contribution >= 4 is 29.4 Å². The second kappa shape index (κ2) is 7.77. The van der Waals surface area contributed by atoms with Crippen LogP contribution < -0.4 is 0 Å². The zero-order valence-electron chi connectivity index (χ0n) is 14.0. The zero-order chi connectivity index (χ0) is 18.5. The van der Waals surface area contributed by atoms with Gasteiger partial charge < -0.3 is 9.52 Å². The van der Waals surface area contributed by atoms with E-state index in [0.717, 1.165) is 9.99 Å². The van der Waals surface area contributed by atoms with Crippen LogP contribution in [0.15, 0.2) is 75.1 Å². The average Bonchev–Trinajstić information content (AvgIpc) is 3.09. The summed E-state index contributed by atoms with van der Waals surface area (Å²) in [7, 11) is 0. The molecule has 0 radical (unpaired) electrons. The molecule has 4 nitrogen and oxygen atoms in total. The van der Waals surface area contributed by atoms with Crippen LogP contribution in [0, 0.1) is 18.3 Å². The highest BCUT2D eigenvalue weighted by atomic mass is 32.2. The molecule has 5 heteroatoms. The minimum Gasteiger partial charge on any atom is -0.478 e. The first-order valence-electron chi connectivity index (χ1n) is 7.85. The Morgan fingerprint density at radius 3 is 2.31 bits per heavy atom. The molecule has 0 aliphatic rings. The number of nitrogens with zero attached hydrogens (tertiary/aromatic N) is 1. The molecule has 0 unspecified atom stereocenters. The van der Waals surface area contributed by atoms with Crippen LogP contribution in [0.25, 0.3) is 11.6 Å². The molecule has 1 aromatic heterocycles. The maximum atomic E-state index is 10.9. The predicted octanol–water partition coefficient (Wildman–Crippen LogP) is 5.50. The molecule has 0 saturated carbocycles. The van der Waals surface area contributed by atoms with Crippen molar-refractivity contribution in [2.45, 2.75) is 16.9 Å². The lowest BCUT2D eigenvalue weighted by Gasteiger charge is -2.00. The highest BCUT2D eigenvalue weighted by Crippen LogP contribution is 2.30. The number of hydrogen-bond donors (Lipinski definition) is 1. The monoisotopic (exact) mass is 361 g/mol. The molecule has 26 heavy (non-hydrogen) atoms. The van der Waals surface area contributed by atoms with Crippen molar-refractivity contribution < 1.29 is 14.3 Å². The Morgan fingerprint density at radius 2 is 1.69 bits per heavy atom. The number of furan rings is 1. The quantitative estimate of drug-likeness (QED) is 0.607. The zero-order valence-corrected chi connectivity index (χ0v) is 14.8. The molecule has 0 fully saturated rings. The second-order valence-corrected chi connectivity index (χ2v) is 6.70. The molecule has 3 aromatic rings. The Bertz CT molecular complexity index is 993. The van der Waals surface area contributed by atoms with Gasteiger partial charge in [-0.2, -0.15) is 5.26 Å². The number of aromatic carboxylic acids is 1. The number of hydrogen-bond acceptors (Lipinski definition) is 4. The van der Waals surface area contributed by atoms with Gasteiger partial charge in [0.25, 0.3) is 0 Å². The van der Waals surface area contributed by atoms with Crippen molar-refractivity contribution in [2.75, 3.05) is 0 Å². The molecule has 2 aromatic carbocycles. The maximum Gasteiger partial charge on any atom is 0.335 e. The van der Waals surface area contributed by atoms with Gasteiger partial charge in [-0.05, 0) is 55.0 Å². The number of benzene rings is 2. The summed E-state index contributed by atoms with van der Waals surface area (Å²) in [6, 6.07) is 20.1. The molecule has 0 aliphatic carbocycles. The van der Waals surface area contributed by atoms with Crippen LogP contribution in [0.1, 0.15) is 27.2 Å². The summed E-state index contributed by atoms with van der Waals surface area (Å²) in [6.07, 6.45) is 1.65. The molecule has 0 saturated heterocycles. The molecular formula is C21H15NO3S. The van der Waals surface area contributed by atoms with Crippen LogP contribution in [0.3, 0.4) is 0 Å². The third-order valence-corrected chi connectivity index (χ3v) is 4.62. The molecule has 0 amide bonds. The van der Waals surface area contributed by atoms with Gasteiger partial charge in [0, 0.05) is 4.90 Å². The molecule has 0 bridgehead atoms. The van der Waals surface area contributed by atoms with Crippen molar-refractivity contribution in [1.29, 1.82) is 5.26 Å². The third-order valence-electron chi connectivity index (χ3n) is 3.69. The van der Waals surface area contributed by atoms with Gasteiger partial charge in [-0.3, -0.25) is 0 Å². The number of carboxylic acids is 1. The summed E-state index contributed by atoms with van der Waals surface area (Å²) in [5.74, 6) is -0.429. The van der Waals surface area contributed by atoms with E-state index in [2.05, 4.69) is 6.07 Å². The van der Waals surface area contributed by atoms with E-state index >= 15 is 0 Å². The number of rotatable bonds is 5. The Labute approximate surface area is 155 Å². The van der Waals surface area contributed by atoms with Crippen LogP contribution in [-0.2, 0) is 0 Å². The van der Waals surface area contributed by atoms with E-state index in [1.165, 1.54) is 29.5 Å². The third kappa shape index (κ3) is 4.24. The summed E-state index contributed by atoms with van der Waals surface area (Å²) < 4.78 is 5.77. The lowest BCUT2D eigenvalue weighted by Crippen LogP contribution is -1.95. The van der Waals surface area contributed by atoms with E-state index in [4.69, 9.17) is 9.52 Å². The first kappa shape index (κ1) is 17.6. The van der Waals surface area contributed by atoms with Crippen LogP contribution in [0.2, 0.25) is 0 Å². The number of carbonyl (C=O) groups is 1. The first-order valence-corrected chi connectivity index (χ1v) is 8.67. The van der Waals surface area contributed by atoms with E-state index in [-0.39, 0.29) is 5.56 Å². The molecule has 0 atom stereocenters. The molecular weight excluding hydrogens is 346 g/mol. The Kier molecular flexibility index (Phi) is 5.26. The maximum absolute atomic E-state index is 10.9. The van der Waals surface area contributed by atoms with E-state index in [0.29, 0.717) is 16.9 Å². The van der Waals surface area contributed by atoms with Crippen LogP contribution >= 0.6 is 11.8 Å². The summed E-state index contributed by atoms with van der Waals surface area (Å²) in [6.45, 7) is 2.04. The average molecular weight is 361 g/mol. The van der Waals surface area contributed by atoms with E-state index in [1.54, 1.807) is 24.3 Å². The minimum atomic E-state index is -0.997. The summed E-state index contributed by atoms with van der Waals surface area (Å²) in [4.78, 5) is 12.0. The topological polar surface area (TPSA) is 74.2 Å². The number of nitriles is 1. The predicted molar refractivity (Wildman–Crippen MR) is 101 cm³/mol. The van der Waals surface area contributed by atoms with Gasteiger partial charge in [-0.15, -0.1) is 0 Å². The fraction of sp³-hybridized carbons (Fsp3) is 0.0476. The van der Waals surface area contributed by atoms with Gasteiger partial charge in [0.05, 0.1) is 17.2 Å². The van der Waals surface area contributed by atoms with Crippen molar-refractivity contribution in [3.8, 4) is 6.07 Å². The van der Waals surface area contributed by atoms with E-state index < -0.39 is 5.97 Å². The second-order valence-electron chi connectivity index (χ2n) is 5.62. The highest BCUT2D eigenvalue weighted by molar-refractivity contribution is 7.99. The first-order chi connectivity index (χ1) is 12.5. The standard InChI is InChI=1S/C21H15NO3S/c1-14-2-9-19(10-3-14)26-20-11-8-18(25-20)12-17(13-22)15-4-6-16(7-5-15)21(23)24/h2-12H,1H3,(H,23,24). The summed E-state index contributed by atoms with van der Waals surface area (Å²) in [5.41, 5.74) is 2.43. The lowest BCUT2D eigenvalue weighted by atomic mass is 10.0. The van der Waals surface area contributed by atoms with Crippen molar-refractivity contribution in [3.63, 3.8) is 0 Å². The van der Waals surface area contributed by atoms with Crippen LogP contribution in [-0.4, -0.2) is 11.1 Å². The van der Waals surface area contributed by atoms with Crippen molar-refractivity contribution in [2.24, 2.45) is 0 Å². The van der Waals surface area contributed by atoms with Gasteiger partial charge >= 0.3 is 5.97 Å². The minimum absolute atomic E-state index is 0.181. The highest BCUT2D eigenvalue weighted by Gasteiger charge is 2.08. The molecule has 1 N–H and O–H groups in total. The fourth-order valence-electron chi connectivity index (χ4n) is 2.30. The molecule has 0 spiro atoms. The van der Waals surface area contributed by atoms with Gasteiger partial charge in [0.15, 0.2) is 5.09 Å². The van der Waals surface area contributed by atoms with Gasteiger partial charge in [0.1, 0.15) is 5.76 Å². The van der Waals surface area contributed by atoms with Crippen LogP contribution in [0.4, 0.5) is 0 Å². The Balaban J connectivity index is 1.79. The molecule has 1 heterocycles. The van der Waals surface area contributed by atoms with E-state index in [1.807, 2.05) is 37.3 Å². The molecule has 0 aliphatic heterocycles. The van der Waals surface area contributed by atoms with Gasteiger partial charge in [-0.25, -0.2) is 4.79 Å². The molecule has 3 rings (SSSR count). The molecule has 128 valence electrons. The van der Waals surface area contributed by atoms with E-state index in [9.17, 15) is 10.1 Å². The Morgan fingerprint density at radius 1 is 1.04 bits per heavy atom. The van der Waals surface area contributed by atoms with Gasteiger partial charge in [0.2, 0.25) is 0 Å². The van der Waals surface area contributed by atoms with Crippen LogP contribution in [0.5, 0.6) is 0 Å². The number of aryl methyl sites for hydroxylation is 1. The fourth-order valence-corrected chi connectivity index (χ4v) is 3.08. The lowest BCUT2D eigenvalue weighted by molar-refractivity contribution is 0.0697. The SMILES string of the molecule is Cc1ccc(Sc2ccc(C=C(C#N)c3ccc(C(=O)O)cc3)o2)cc1. The summed E-state index contributed by atoms with van der Waals surface area (Å²) >= 11 is 1.51. The number of carboxylic acid groups (broad SMARTS) is 1. The van der Waals surface area contributed by atoms with Gasteiger partial charge in [-0.1, -0.05) is 41.6 Å². The van der Waals surface area contributed by atoms with Crippen molar-refractivity contribution in [1.82, 2.24) is 0 Å². The smallest absolute Gasteiger partial charge is 0.335 e. The largest absolute Gasteiger partial charge is 0.478 e. The summed E-state index contributed by atoms with van der Waals surface area (Å²) in [5, 5.41) is 19.1.